The Morgan fingerprint density at radius 2 is 1.70 bits per heavy atom. The van der Waals surface area contributed by atoms with Crippen LogP contribution in [0.2, 0.25) is 0 Å². The van der Waals surface area contributed by atoms with Gasteiger partial charge < -0.3 is 10.2 Å². The average molecular weight is 286 g/mol. The summed E-state index contributed by atoms with van der Waals surface area (Å²) in [5.41, 5.74) is 0.332. The zero-order valence-electron chi connectivity index (χ0n) is 12.1. The van der Waals surface area contributed by atoms with Gasteiger partial charge >= 0.3 is 6.18 Å². The Morgan fingerprint density at radius 1 is 1.10 bits per heavy atom. The second-order valence-electron chi connectivity index (χ2n) is 6.32. The molecule has 1 aromatic carbocycles. The Kier molecular flexibility index (Phi) is 4.00. The lowest BCUT2D eigenvalue weighted by Gasteiger charge is -2.45. The number of halogens is 3. The van der Waals surface area contributed by atoms with Gasteiger partial charge in [0.15, 0.2) is 0 Å². The van der Waals surface area contributed by atoms with Crippen LogP contribution in [0.1, 0.15) is 26.3 Å². The molecule has 1 atom stereocenters. The molecule has 0 aliphatic carbocycles. The van der Waals surface area contributed by atoms with Crippen LogP contribution in [0.4, 0.5) is 18.9 Å². The van der Waals surface area contributed by atoms with Gasteiger partial charge in [-0.25, -0.2) is 0 Å². The second-order valence-corrected chi connectivity index (χ2v) is 6.32. The molecule has 1 aliphatic heterocycles. The lowest BCUT2D eigenvalue weighted by molar-refractivity contribution is -0.137. The van der Waals surface area contributed by atoms with E-state index in [-0.39, 0.29) is 11.5 Å². The van der Waals surface area contributed by atoms with Crippen molar-refractivity contribution in [1.82, 2.24) is 5.32 Å². The Balaban J connectivity index is 2.25. The molecule has 2 rings (SSSR count). The Morgan fingerprint density at radius 3 is 2.20 bits per heavy atom. The molecule has 2 nitrogen and oxygen atoms in total. The highest BCUT2D eigenvalue weighted by molar-refractivity contribution is 5.50. The number of anilines is 1. The summed E-state index contributed by atoms with van der Waals surface area (Å²) < 4.78 is 37.8. The normalized spacial score (nSPS) is 21.1. The van der Waals surface area contributed by atoms with Crippen LogP contribution in [0.3, 0.4) is 0 Å². The van der Waals surface area contributed by atoms with Crippen LogP contribution in [-0.4, -0.2) is 25.7 Å². The Labute approximate surface area is 118 Å². The highest BCUT2D eigenvalue weighted by Crippen LogP contribution is 2.33. The van der Waals surface area contributed by atoms with E-state index in [9.17, 15) is 13.2 Å². The lowest BCUT2D eigenvalue weighted by Crippen LogP contribution is -2.56. The fourth-order valence-corrected chi connectivity index (χ4v) is 2.63. The van der Waals surface area contributed by atoms with Gasteiger partial charge in [0, 0.05) is 31.4 Å². The molecular formula is C15H21F3N2. The summed E-state index contributed by atoms with van der Waals surface area (Å²) in [6.07, 6.45) is -4.27. The minimum atomic E-state index is -4.27. The molecule has 0 saturated carbocycles. The van der Waals surface area contributed by atoms with E-state index in [0.717, 1.165) is 37.5 Å². The van der Waals surface area contributed by atoms with Crippen molar-refractivity contribution >= 4 is 5.69 Å². The van der Waals surface area contributed by atoms with Gasteiger partial charge in [-0.1, -0.05) is 20.8 Å². The predicted molar refractivity (Wildman–Crippen MR) is 74.9 cm³/mol. The van der Waals surface area contributed by atoms with Gasteiger partial charge in [0.25, 0.3) is 0 Å². The van der Waals surface area contributed by atoms with E-state index in [0.29, 0.717) is 0 Å². The molecule has 0 aromatic heterocycles. The zero-order chi connectivity index (χ0) is 15.0. The number of hydrogen-bond acceptors (Lipinski definition) is 2. The van der Waals surface area contributed by atoms with Gasteiger partial charge in [-0.3, -0.25) is 0 Å². The van der Waals surface area contributed by atoms with Crippen molar-refractivity contribution in [2.24, 2.45) is 5.41 Å². The monoisotopic (exact) mass is 286 g/mol. The zero-order valence-corrected chi connectivity index (χ0v) is 12.1. The van der Waals surface area contributed by atoms with Gasteiger partial charge in [-0.05, 0) is 29.7 Å². The molecule has 1 unspecified atom stereocenters. The van der Waals surface area contributed by atoms with Crippen LogP contribution in [0.15, 0.2) is 24.3 Å². The number of nitrogens with zero attached hydrogens (tertiary/aromatic N) is 1. The maximum atomic E-state index is 12.6. The predicted octanol–water partition coefficient (Wildman–Crippen LogP) is 3.53. The molecule has 1 fully saturated rings. The summed E-state index contributed by atoms with van der Waals surface area (Å²) in [5.74, 6) is 0. The van der Waals surface area contributed by atoms with Crippen LogP contribution in [0.5, 0.6) is 0 Å². The standard InChI is InChI=1S/C15H21F3N2/c1-14(2,3)13-10-19-8-9-20(13)12-6-4-11(5-7-12)15(16,17)18/h4-7,13,19H,8-10H2,1-3H3. The average Bonchev–Trinajstić information content (AvgIpc) is 2.37. The third-order valence-corrected chi connectivity index (χ3v) is 3.77. The summed E-state index contributed by atoms with van der Waals surface area (Å²) in [4.78, 5) is 2.21. The number of nitrogens with one attached hydrogen (secondary N) is 1. The maximum absolute atomic E-state index is 12.6. The molecule has 1 heterocycles. The first-order valence-electron chi connectivity index (χ1n) is 6.84. The van der Waals surface area contributed by atoms with Gasteiger partial charge in [-0.2, -0.15) is 13.2 Å². The quantitative estimate of drug-likeness (QED) is 0.849. The molecule has 20 heavy (non-hydrogen) atoms. The number of piperazine rings is 1. The second kappa shape index (κ2) is 5.28. The summed E-state index contributed by atoms with van der Waals surface area (Å²) in [6.45, 7) is 8.98. The first-order chi connectivity index (χ1) is 9.19. The molecule has 1 aromatic rings. The summed E-state index contributed by atoms with van der Waals surface area (Å²) >= 11 is 0. The fraction of sp³-hybridized carbons (Fsp3) is 0.600. The lowest BCUT2D eigenvalue weighted by atomic mass is 9.84. The van der Waals surface area contributed by atoms with E-state index in [2.05, 4.69) is 31.0 Å². The molecule has 0 spiro atoms. The molecule has 1 N–H and O–H groups in total. The summed E-state index contributed by atoms with van der Waals surface area (Å²) in [6, 6.07) is 5.75. The Bertz CT molecular complexity index is 446. The van der Waals surface area contributed by atoms with Crippen molar-refractivity contribution in [1.29, 1.82) is 0 Å². The van der Waals surface area contributed by atoms with Crippen LogP contribution >= 0.6 is 0 Å². The molecule has 0 amide bonds. The molecule has 1 aliphatic rings. The van der Waals surface area contributed by atoms with Crippen molar-refractivity contribution in [3.05, 3.63) is 29.8 Å². The van der Waals surface area contributed by atoms with E-state index < -0.39 is 11.7 Å². The third-order valence-electron chi connectivity index (χ3n) is 3.77. The molecule has 5 heteroatoms. The van der Waals surface area contributed by atoms with E-state index in [1.807, 2.05) is 0 Å². The van der Waals surface area contributed by atoms with Crippen LogP contribution in [0.25, 0.3) is 0 Å². The van der Waals surface area contributed by atoms with Crippen LogP contribution in [0, 0.1) is 5.41 Å². The van der Waals surface area contributed by atoms with Crippen molar-refractivity contribution in [3.63, 3.8) is 0 Å². The third kappa shape index (κ3) is 3.26. The highest BCUT2D eigenvalue weighted by atomic mass is 19.4. The van der Waals surface area contributed by atoms with Crippen molar-refractivity contribution < 1.29 is 13.2 Å². The number of rotatable bonds is 1. The molecule has 0 radical (unpaired) electrons. The smallest absolute Gasteiger partial charge is 0.365 e. The van der Waals surface area contributed by atoms with Gasteiger partial charge in [0.1, 0.15) is 0 Å². The largest absolute Gasteiger partial charge is 0.416 e. The van der Waals surface area contributed by atoms with E-state index in [4.69, 9.17) is 0 Å². The first-order valence-corrected chi connectivity index (χ1v) is 6.84. The number of alkyl halides is 3. The number of hydrogen-bond donors (Lipinski definition) is 1. The van der Waals surface area contributed by atoms with Crippen molar-refractivity contribution in [2.75, 3.05) is 24.5 Å². The van der Waals surface area contributed by atoms with Crippen LogP contribution < -0.4 is 10.2 Å². The SMILES string of the molecule is CC(C)(C)C1CNCCN1c1ccc(C(F)(F)F)cc1. The molecule has 0 bridgehead atoms. The van der Waals surface area contributed by atoms with Gasteiger partial charge in [0.05, 0.1) is 5.56 Å². The number of benzene rings is 1. The van der Waals surface area contributed by atoms with Crippen molar-refractivity contribution in [3.8, 4) is 0 Å². The van der Waals surface area contributed by atoms with Crippen LogP contribution in [-0.2, 0) is 6.18 Å². The Hall–Kier alpha value is -1.23. The van der Waals surface area contributed by atoms with E-state index >= 15 is 0 Å². The highest BCUT2D eigenvalue weighted by Gasteiger charge is 2.34. The van der Waals surface area contributed by atoms with Crippen molar-refractivity contribution in [2.45, 2.75) is 33.0 Å². The summed E-state index contributed by atoms with van der Waals surface area (Å²) in [5, 5.41) is 3.36. The minimum Gasteiger partial charge on any atom is -0.365 e. The first kappa shape index (κ1) is 15.2. The molecule has 112 valence electrons. The van der Waals surface area contributed by atoms with E-state index in [1.165, 1.54) is 0 Å². The fourth-order valence-electron chi connectivity index (χ4n) is 2.63. The maximum Gasteiger partial charge on any atom is 0.416 e. The molecule has 1 saturated heterocycles. The molecular weight excluding hydrogens is 265 g/mol. The van der Waals surface area contributed by atoms with Gasteiger partial charge in [0.2, 0.25) is 0 Å². The topological polar surface area (TPSA) is 15.3 Å². The minimum absolute atomic E-state index is 0.0656. The van der Waals surface area contributed by atoms with E-state index in [1.54, 1.807) is 12.1 Å². The van der Waals surface area contributed by atoms with Gasteiger partial charge in [-0.15, -0.1) is 0 Å². The summed E-state index contributed by atoms with van der Waals surface area (Å²) in [7, 11) is 0.